The Kier molecular flexibility index (Phi) is 4.25. The van der Waals surface area contributed by atoms with Crippen LogP contribution >= 0.6 is 0 Å². The number of ketones is 2. The summed E-state index contributed by atoms with van der Waals surface area (Å²) in [5.41, 5.74) is -2.17. The smallest absolute Gasteiger partial charge is 0.190 e. The minimum atomic E-state index is -1.64. The molecule has 6 heteroatoms. The number of fused-ring (bicyclic) bond motifs is 5. The van der Waals surface area contributed by atoms with Gasteiger partial charge in [-0.1, -0.05) is 13.8 Å². The van der Waals surface area contributed by atoms with Gasteiger partial charge in [-0.3, -0.25) is 9.59 Å². The minimum Gasteiger partial charge on any atom is -0.393 e. The molecule has 0 bridgehead atoms. The summed E-state index contributed by atoms with van der Waals surface area (Å²) < 4.78 is 0. The third-order valence-corrected chi connectivity index (χ3v) is 8.67. The molecule has 4 N–H and O–H groups in total. The minimum absolute atomic E-state index is 0.0166. The molecule has 4 aliphatic carbocycles. The molecule has 0 heterocycles. The first-order valence-corrected chi connectivity index (χ1v) is 10.1. The Morgan fingerprint density at radius 1 is 1.26 bits per heavy atom. The standard InChI is InChI=1S/C21H30O6/c1-19-5-3-11(23)7-14(19)15(24)8-12-13-4-6-21(27,17(26)10-22)20(13,2)9-16(25)18(12)19/h7,12-13,15-16,18,22,24-25,27H,3-6,8-10H2,1-2H3/t12-,13-,15-,16+,18+,19-,20-,21-/m0/s1. The van der Waals surface area contributed by atoms with E-state index in [0.717, 1.165) is 5.57 Å². The first kappa shape index (κ1) is 19.2. The van der Waals surface area contributed by atoms with E-state index in [-0.39, 0.29) is 36.4 Å². The Balaban J connectivity index is 1.77. The zero-order chi connectivity index (χ0) is 19.8. The van der Waals surface area contributed by atoms with Crippen LogP contribution in [0.15, 0.2) is 11.6 Å². The second-order valence-corrected chi connectivity index (χ2v) is 9.70. The summed E-state index contributed by atoms with van der Waals surface area (Å²) in [6, 6.07) is 0. The third-order valence-electron chi connectivity index (χ3n) is 8.67. The van der Waals surface area contributed by atoms with E-state index in [4.69, 9.17) is 0 Å². The van der Waals surface area contributed by atoms with Gasteiger partial charge in [0, 0.05) is 11.8 Å². The van der Waals surface area contributed by atoms with Crippen LogP contribution in [0, 0.1) is 28.6 Å². The van der Waals surface area contributed by atoms with E-state index >= 15 is 0 Å². The molecule has 4 rings (SSSR count). The highest BCUT2D eigenvalue weighted by atomic mass is 16.3. The number of aliphatic hydroxyl groups excluding tert-OH is 3. The van der Waals surface area contributed by atoms with E-state index in [1.165, 1.54) is 0 Å². The normalized spacial score (nSPS) is 51.9. The molecule has 0 unspecified atom stereocenters. The summed E-state index contributed by atoms with van der Waals surface area (Å²) in [4.78, 5) is 24.3. The van der Waals surface area contributed by atoms with Crippen LogP contribution in [0.4, 0.5) is 0 Å². The van der Waals surface area contributed by atoms with Gasteiger partial charge < -0.3 is 20.4 Å². The Morgan fingerprint density at radius 2 is 1.96 bits per heavy atom. The molecular weight excluding hydrogens is 348 g/mol. The van der Waals surface area contributed by atoms with Gasteiger partial charge in [0.05, 0.1) is 12.2 Å². The van der Waals surface area contributed by atoms with E-state index in [1.807, 2.05) is 13.8 Å². The van der Waals surface area contributed by atoms with E-state index in [9.17, 15) is 30.0 Å². The van der Waals surface area contributed by atoms with Gasteiger partial charge in [0.25, 0.3) is 0 Å². The number of hydrogen-bond acceptors (Lipinski definition) is 6. The average Bonchev–Trinajstić information content (AvgIpc) is 2.87. The van der Waals surface area contributed by atoms with E-state index in [1.54, 1.807) is 6.08 Å². The first-order valence-electron chi connectivity index (χ1n) is 10.1. The predicted molar refractivity (Wildman–Crippen MR) is 96.5 cm³/mol. The van der Waals surface area contributed by atoms with Crippen LogP contribution in [0.2, 0.25) is 0 Å². The lowest BCUT2D eigenvalue weighted by Gasteiger charge is -2.61. The Morgan fingerprint density at radius 3 is 2.63 bits per heavy atom. The van der Waals surface area contributed by atoms with Crippen LogP contribution in [0.25, 0.3) is 0 Å². The lowest BCUT2D eigenvalue weighted by atomic mass is 9.45. The van der Waals surface area contributed by atoms with Crippen LogP contribution in [-0.2, 0) is 9.59 Å². The molecule has 0 aromatic carbocycles. The molecule has 0 saturated heterocycles. The molecule has 4 aliphatic rings. The fourth-order valence-corrected chi connectivity index (χ4v) is 7.33. The van der Waals surface area contributed by atoms with Gasteiger partial charge in [0.1, 0.15) is 12.2 Å². The lowest BCUT2D eigenvalue weighted by Crippen LogP contribution is -2.63. The van der Waals surface area contributed by atoms with Gasteiger partial charge in [0.2, 0.25) is 0 Å². The predicted octanol–water partition coefficient (Wildman–Crippen LogP) is 0.752. The summed E-state index contributed by atoms with van der Waals surface area (Å²) in [6.07, 6.45) is 2.75. The Labute approximate surface area is 159 Å². The number of hydrogen-bond donors (Lipinski definition) is 4. The van der Waals surface area contributed by atoms with Gasteiger partial charge in [-0.05, 0) is 66.9 Å². The molecule has 3 saturated carbocycles. The zero-order valence-electron chi connectivity index (χ0n) is 16.0. The van der Waals surface area contributed by atoms with Crippen molar-refractivity contribution in [3.05, 3.63) is 11.6 Å². The largest absolute Gasteiger partial charge is 0.393 e. The highest BCUT2D eigenvalue weighted by Crippen LogP contribution is 2.67. The van der Waals surface area contributed by atoms with E-state index < -0.39 is 41.0 Å². The second kappa shape index (κ2) is 5.96. The van der Waals surface area contributed by atoms with Crippen LogP contribution in [0.5, 0.6) is 0 Å². The monoisotopic (exact) mass is 378 g/mol. The Bertz CT molecular complexity index is 715. The van der Waals surface area contributed by atoms with Gasteiger partial charge in [0.15, 0.2) is 11.6 Å². The van der Waals surface area contributed by atoms with Crippen molar-refractivity contribution in [3.63, 3.8) is 0 Å². The van der Waals surface area contributed by atoms with Gasteiger partial charge in [-0.2, -0.15) is 0 Å². The van der Waals surface area contributed by atoms with Crippen LogP contribution in [-0.4, -0.2) is 56.4 Å². The molecule has 0 spiro atoms. The second-order valence-electron chi connectivity index (χ2n) is 9.70. The quantitative estimate of drug-likeness (QED) is 0.564. The van der Waals surface area contributed by atoms with Crippen molar-refractivity contribution in [3.8, 4) is 0 Å². The van der Waals surface area contributed by atoms with Gasteiger partial charge in [-0.15, -0.1) is 0 Å². The molecule has 150 valence electrons. The van der Waals surface area contributed by atoms with Crippen LogP contribution in [0.1, 0.15) is 52.4 Å². The molecule has 3 fully saturated rings. The number of aliphatic hydroxyl groups is 4. The number of Topliss-reactive ketones (excluding diaryl/α,β-unsaturated/α-hetero) is 1. The fourth-order valence-electron chi connectivity index (χ4n) is 7.33. The maximum atomic E-state index is 12.4. The highest BCUT2D eigenvalue weighted by molar-refractivity contribution is 5.92. The molecule has 8 atom stereocenters. The average molecular weight is 378 g/mol. The highest BCUT2D eigenvalue weighted by Gasteiger charge is 2.68. The molecular formula is C21H30O6. The molecule has 27 heavy (non-hydrogen) atoms. The summed E-state index contributed by atoms with van der Waals surface area (Å²) in [5.74, 6) is -0.713. The SMILES string of the molecule is C[C@]12CCC(=O)C=C1[C@@H](O)C[C@@H]1[C@@H]2[C@H](O)C[C@@]2(C)[C@H]1CC[C@]2(O)C(=O)CO. The van der Waals surface area contributed by atoms with Crippen LogP contribution < -0.4 is 0 Å². The van der Waals surface area contributed by atoms with E-state index in [2.05, 4.69) is 0 Å². The lowest BCUT2D eigenvalue weighted by molar-refractivity contribution is -0.187. The van der Waals surface area contributed by atoms with Crippen molar-refractivity contribution < 1.29 is 30.0 Å². The number of carbonyl (C=O) groups excluding carboxylic acids is 2. The molecule has 0 aromatic heterocycles. The van der Waals surface area contributed by atoms with Crippen molar-refractivity contribution in [1.29, 1.82) is 0 Å². The van der Waals surface area contributed by atoms with E-state index in [0.29, 0.717) is 25.7 Å². The first-order chi connectivity index (χ1) is 12.6. The van der Waals surface area contributed by atoms with Crippen molar-refractivity contribution in [2.24, 2.45) is 28.6 Å². The maximum Gasteiger partial charge on any atom is 0.190 e. The topological polar surface area (TPSA) is 115 Å². The van der Waals surface area contributed by atoms with Crippen molar-refractivity contribution >= 4 is 11.6 Å². The third kappa shape index (κ3) is 2.33. The summed E-state index contributed by atoms with van der Waals surface area (Å²) in [5, 5.41) is 42.6. The summed E-state index contributed by atoms with van der Waals surface area (Å²) in [7, 11) is 0. The van der Waals surface area contributed by atoms with Gasteiger partial charge in [-0.25, -0.2) is 0 Å². The molecule has 0 aromatic rings. The summed E-state index contributed by atoms with van der Waals surface area (Å²) >= 11 is 0. The molecule has 6 nitrogen and oxygen atoms in total. The fraction of sp³-hybridized carbons (Fsp3) is 0.810. The van der Waals surface area contributed by atoms with Crippen molar-refractivity contribution in [2.45, 2.75) is 70.2 Å². The Hall–Kier alpha value is -1.08. The van der Waals surface area contributed by atoms with Gasteiger partial charge >= 0.3 is 0 Å². The van der Waals surface area contributed by atoms with Crippen LogP contribution in [0.3, 0.4) is 0 Å². The number of rotatable bonds is 2. The zero-order valence-corrected chi connectivity index (χ0v) is 16.0. The van der Waals surface area contributed by atoms with Crippen molar-refractivity contribution in [1.82, 2.24) is 0 Å². The van der Waals surface area contributed by atoms with Crippen molar-refractivity contribution in [2.75, 3.05) is 6.61 Å². The molecule has 0 radical (unpaired) electrons. The number of carbonyl (C=O) groups is 2. The summed E-state index contributed by atoms with van der Waals surface area (Å²) in [6.45, 7) is 3.18. The molecule has 0 aliphatic heterocycles. The molecule has 0 amide bonds. The maximum absolute atomic E-state index is 12.4.